The van der Waals surface area contributed by atoms with Gasteiger partial charge in [-0.15, -0.1) is 10.2 Å². The van der Waals surface area contributed by atoms with Crippen LogP contribution in [0, 0.1) is 0 Å². The Balaban J connectivity index is 1.80. The zero-order valence-corrected chi connectivity index (χ0v) is 15.7. The standard InChI is InChI=1S/C13H11Cl2F3N6O2S/c1-24-10(13(16,17)18)21-23-12(24)27-5-9(25)20-22-11(26)19-6-2-3-7(14)8(15)4-6/h2-4H,5H2,1H3,(H,20,25)(H2,19,22,26). The molecule has 1 aromatic heterocycles. The molecular weight excluding hydrogens is 432 g/mol. The first-order chi connectivity index (χ1) is 12.6. The lowest BCUT2D eigenvalue weighted by atomic mass is 10.3. The van der Waals surface area contributed by atoms with Gasteiger partial charge >= 0.3 is 12.2 Å². The number of carbonyl (C=O) groups excluding carboxylic acids is 2. The first-order valence-corrected chi connectivity index (χ1v) is 8.72. The Morgan fingerprint density at radius 2 is 1.89 bits per heavy atom. The third-order valence-electron chi connectivity index (χ3n) is 2.91. The van der Waals surface area contributed by atoms with Gasteiger partial charge in [0.15, 0.2) is 5.16 Å². The zero-order chi connectivity index (χ0) is 20.2. The Bertz CT molecular complexity index is 861. The molecule has 14 heteroatoms. The number of rotatable bonds is 4. The first-order valence-electron chi connectivity index (χ1n) is 6.98. The molecule has 0 aliphatic heterocycles. The average molecular weight is 443 g/mol. The molecule has 0 saturated heterocycles. The van der Waals surface area contributed by atoms with Crippen molar-refractivity contribution < 1.29 is 22.8 Å². The summed E-state index contributed by atoms with van der Waals surface area (Å²) in [6.07, 6.45) is -4.65. The van der Waals surface area contributed by atoms with Gasteiger partial charge in [0, 0.05) is 12.7 Å². The summed E-state index contributed by atoms with van der Waals surface area (Å²) >= 11 is 12.3. The van der Waals surface area contributed by atoms with Crippen molar-refractivity contribution in [2.45, 2.75) is 11.3 Å². The maximum absolute atomic E-state index is 12.6. The van der Waals surface area contributed by atoms with Gasteiger partial charge in [-0.2, -0.15) is 13.2 Å². The van der Waals surface area contributed by atoms with E-state index in [1.807, 2.05) is 0 Å². The van der Waals surface area contributed by atoms with Gasteiger partial charge in [0.05, 0.1) is 15.8 Å². The molecule has 0 fully saturated rings. The number of aromatic nitrogens is 3. The van der Waals surface area contributed by atoms with Crippen molar-refractivity contribution in [3.63, 3.8) is 0 Å². The van der Waals surface area contributed by atoms with E-state index in [9.17, 15) is 22.8 Å². The second kappa shape index (κ2) is 8.67. The third-order valence-corrected chi connectivity index (χ3v) is 4.67. The average Bonchev–Trinajstić information content (AvgIpc) is 2.95. The van der Waals surface area contributed by atoms with Gasteiger partial charge in [0.25, 0.3) is 0 Å². The number of thioether (sulfide) groups is 1. The van der Waals surface area contributed by atoms with Crippen LogP contribution in [0.5, 0.6) is 0 Å². The molecule has 2 aromatic rings. The number of nitrogens with zero attached hydrogens (tertiary/aromatic N) is 3. The van der Waals surface area contributed by atoms with E-state index in [4.69, 9.17) is 23.2 Å². The summed E-state index contributed by atoms with van der Waals surface area (Å²) in [6.45, 7) is 0. The van der Waals surface area contributed by atoms with Gasteiger partial charge in [-0.05, 0) is 18.2 Å². The second-order valence-electron chi connectivity index (χ2n) is 4.91. The molecule has 3 N–H and O–H groups in total. The van der Waals surface area contributed by atoms with Crippen LogP contribution < -0.4 is 16.2 Å². The maximum atomic E-state index is 12.6. The predicted molar refractivity (Wildman–Crippen MR) is 93.5 cm³/mol. The minimum absolute atomic E-state index is 0.0993. The normalized spacial score (nSPS) is 11.2. The molecule has 146 valence electrons. The quantitative estimate of drug-likeness (QED) is 0.498. The van der Waals surface area contributed by atoms with Crippen LogP contribution in [0.2, 0.25) is 10.0 Å². The fraction of sp³-hybridized carbons (Fsp3) is 0.231. The van der Waals surface area contributed by atoms with E-state index < -0.39 is 23.9 Å². The molecule has 1 aromatic carbocycles. The molecular formula is C13H11Cl2F3N6O2S. The Labute approximate surface area is 164 Å². The predicted octanol–water partition coefficient (Wildman–Crippen LogP) is 3.09. The number of amides is 3. The number of hydrogen-bond donors (Lipinski definition) is 3. The van der Waals surface area contributed by atoms with Crippen LogP contribution in [-0.2, 0) is 18.0 Å². The summed E-state index contributed by atoms with van der Waals surface area (Å²) in [7, 11) is 1.13. The Morgan fingerprint density at radius 1 is 1.19 bits per heavy atom. The molecule has 27 heavy (non-hydrogen) atoms. The van der Waals surface area contributed by atoms with Crippen LogP contribution in [0.15, 0.2) is 23.4 Å². The number of alkyl halides is 3. The third kappa shape index (κ3) is 5.91. The van der Waals surface area contributed by atoms with E-state index in [1.165, 1.54) is 18.2 Å². The smallest absolute Gasteiger partial charge is 0.307 e. The van der Waals surface area contributed by atoms with Crippen molar-refractivity contribution in [1.29, 1.82) is 0 Å². The van der Waals surface area contributed by atoms with Crippen LogP contribution >= 0.6 is 35.0 Å². The van der Waals surface area contributed by atoms with Crippen molar-refractivity contribution in [1.82, 2.24) is 25.6 Å². The van der Waals surface area contributed by atoms with Crippen molar-refractivity contribution in [2.24, 2.45) is 7.05 Å². The molecule has 8 nitrogen and oxygen atoms in total. The maximum Gasteiger partial charge on any atom is 0.451 e. The molecule has 3 amide bonds. The first kappa shape index (κ1) is 21.1. The number of hydrogen-bond acceptors (Lipinski definition) is 5. The summed E-state index contributed by atoms with van der Waals surface area (Å²) in [5.41, 5.74) is 4.52. The molecule has 0 aliphatic carbocycles. The van der Waals surface area contributed by atoms with E-state index in [0.29, 0.717) is 10.7 Å². The fourth-order valence-corrected chi connectivity index (χ4v) is 2.73. The Morgan fingerprint density at radius 3 is 2.48 bits per heavy atom. The molecule has 0 saturated carbocycles. The van der Waals surface area contributed by atoms with Crippen LogP contribution in [-0.4, -0.2) is 32.5 Å². The van der Waals surface area contributed by atoms with Gasteiger partial charge in [-0.1, -0.05) is 35.0 Å². The number of halogens is 5. The summed E-state index contributed by atoms with van der Waals surface area (Å²) in [5, 5.41) is 9.25. The van der Waals surface area contributed by atoms with Gasteiger partial charge in [0.1, 0.15) is 0 Å². The molecule has 0 bridgehead atoms. The number of anilines is 1. The van der Waals surface area contributed by atoms with Gasteiger partial charge in [0.2, 0.25) is 11.7 Å². The summed E-state index contributed by atoms with van der Waals surface area (Å²) in [4.78, 5) is 23.4. The highest BCUT2D eigenvalue weighted by Gasteiger charge is 2.37. The number of urea groups is 1. The minimum atomic E-state index is -4.65. The SMILES string of the molecule is Cn1c(SCC(=O)NNC(=O)Nc2ccc(Cl)c(Cl)c2)nnc1C(F)(F)F. The highest BCUT2D eigenvalue weighted by atomic mass is 35.5. The largest absolute Gasteiger partial charge is 0.451 e. The van der Waals surface area contributed by atoms with Gasteiger partial charge < -0.3 is 9.88 Å². The van der Waals surface area contributed by atoms with Crippen molar-refractivity contribution in [3.8, 4) is 0 Å². The molecule has 2 rings (SSSR count). The van der Waals surface area contributed by atoms with Crippen LogP contribution in [0.3, 0.4) is 0 Å². The molecule has 0 spiro atoms. The number of carbonyl (C=O) groups is 2. The van der Waals surface area contributed by atoms with Crippen molar-refractivity contribution >= 4 is 52.6 Å². The fourth-order valence-electron chi connectivity index (χ4n) is 1.72. The lowest BCUT2D eigenvalue weighted by molar-refractivity contribution is -0.147. The number of benzene rings is 1. The summed E-state index contributed by atoms with van der Waals surface area (Å²) in [6, 6.07) is 3.63. The van der Waals surface area contributed by atoms with E-state index in [0.717, 1.165) is 23.4 Å². The topological polar surface area (TPSA) is 101 Å². The van der Waals surface area contributed by atoms with Crippen LogP contribution in [0.25, 0.3) is 0 Å². The summed E-state index contributed by atoms with van der Waals surface area (Å²) < 4.78 is 38.6. The van der Waals surface area contributed by atoms with Crippen molar-refractivity contribution in [2.75, 3.05) is 11.1 Å². The van der Waals surface area contributed by atoms with Crippen LogP contribution in [0.1, 0.15) is 5.82 Å². The van der Waals surface area contributed by atoms with E-state index >= 15 is 0 Å². The molecule has 0 atom stereocenters. The molecule has 0 radical (unpaired) electrons. The number of hydrazine groups is 1. The van der Waals surface area contributed by atoms with E-state index in [1.54, 1.807) is 0 Å². The monoisotopic (exact) mass is 442 g/mol. The lowest BCUT2D eigenvalue weighted by Crippen LogP contribution is -2.44. The zero-order valence-electron chi connectivity index (χ0n) is 13.4. The van der Waals surface area contributed by atoms with E-state index in [-0.39, 0.29) is 15.9 Å². The van der Waals surface area contributed by atoms with Crippen molar-refractivity contribution in [3.05, 3.63) is 34.1 Å². The lowest BCUT2D eigenvalue weighted by Gasteiger charge is -2.09. The Kier molecular flexibility index (Phi) is 6.78. The molecule has 0 aliphatic rings. The van der Waals surface area contributed by atoms with Gasteiger partial charge in [-0.25, -0.2) is 10.2 Å². The van der Waals surface area contributed by atoms with E-state index in [2.05, 4.69) is 26.4 Å². The number of nitrogens with one attached hydrogen (secondary N) is 3. The summed E-state index contributed by atoms with van der Waals surface area (Å²) in [5.74, 6) is -2.14. The second-order valence-corrected chi connectivity index (χ2v) is 6.66. The Hall–Kier alpha value is -2.18. The molecule has 1 heterocycles. The minimum Gasteiger partial charge on any atom is -0.307 e. The van der Waals surface area contributed by atoms with Crippen LogP contribution in [0.4, 0.5) is 23.7 Å². The highest BCUT2D eigenvalue weighted by molar-refractivity contribution is 7.99. The molecule has 0 unspecified atom stereocenters. The van der Waals surface area contributed by atoms with Gasteiger partial charge in [-0.3, -0.25) is 10.2 Å². The highest BCUT2D eigenvalue weighted by Crippen LogP contribution is 2.29.